The molecule has 8 nitrogen and oxygen atoms in total. The minimum atomic E-state index is -0.500. The van der Waals surface area contributed by atoms with Gasteiger partial charge < -0.3 is 14.0 Å². The smallest absolute Gasteiger partial charge is 0.356 e. The number of fused-ring (bicyclic) bond motifs is 1. The van der Waals surface area contributed by atoms with Crippen LogP contribution < -0.4 is 0 Å². The number of amides is 1. The zero-order valence-corrected chi connectivity index (χ0v) is 14.3. The summed E-state index contributed by atoms with van der Waals surface area (Å²) in [6, 6.07) is 7.17. The maximum absolute atomic E-state index is 12.6. The number of pyridine rings is 1. The first kappa shape index (κ1) is 16.7. The molecule has 25 heavy (non-hydrogen) atoms. The van der Waals surface area contributed by atoms with Crippen molar-refractivity contribution in [2.75, 3.05) is 13.7 Å². The van der Waals surface area contributed by atoms with Gasteiger partial charge in [-0.15, -0.1) is 0 Å². The second-order valence-electron chi connectivity index (χ2n) is 5.62. The van der Waals surface area contributed by atoms with Crippen molar-refractivity contribution in [1.29, 1.82) is 0 Å². The number of nitrogens with zero attached hydrogens (tertiary/aromatic N) is 5. The molecule has 3 rings (SSSR count). The summed E-state index contributed by atoms with van der Waals surface area (Å²) < 4.78 is 8.20. The summed E-state index contributed by atoms with van der Waals surface area (Å²) in [5, 5.41) is 4.12. The summed E-state index contributed by atoms with van der Waals surface area (Å²) in [5.74, 6) is -0.789. The number of aromatic nitrogens is 4. The molecule has 0 unspecified atom stereocenters. The lowest BCUT2D eigenvalue weighted by Crippen LogP contribution is -2.26. The van der Waals surface area contributed by atoms with Gasteiger partial charge in [-0.25, -0.2) is 9.78 Å². The quantitative estimate of drug-likeness (QED) is 0.657. The number of imidazole rings is 1. The van der Waals surface area contributed by atoms with E-state index in [0.717, 1.165) is 11.3 Å². The number of aryl methyl sites for hydroxylation is 1. The van der Waals surface area contributed by atoms with Crippen LogP contribution in [-0.4, -0.2) is 49.6 Å². The van der Waals surface area contributed by atoms with Gasteiger partial charge in [0.05, 0.1) is 18.8 Å². The fraction of sp³-hybridized carbons (Fsp3) is 0.294. The number of hydrogen-bond acceptors (Lipinski definition) is 5. The van der Waals surface area contributed by atoms with E-state index in [2.05, 4.69) is 10.1 Å². The molecule has 0 spiro atoms. The molecule has 8 heteroatoms. The molecule has 0 aliphatic heterocycles. The van der Waals surface area contributed by atoms with E-state index < -0.39 is 5.97 Å². The Labute approximate surface area is 144 Å². The van der Waals surface area contributed by atoms with Crippen molar-refractivity contribution in [3.05, 3.63) is 53.7 Å². The van der Waals surface area contributed by atoms with E-state index in [0.29, 0.717) is 6.54 Å². The molecule has 1 amide bonds. The fourth-order valence-electron chi connectivity index (χ4n) is 2.54. The Morgan fingerprint density at radius 3 is 2.84 bits per heavy atom. The van der Waals surface area contributed by atoms with Crippen LogP contribution in [0.1, 0.15) is 33.6 Å². The lowest BCUT2D eigenvalue weighted by atomic mass is 10.3. The van der Waals surface area contributed by atoms with Gasteiger partial charge in [0.1, 0.15) is 11.3 Å². The number of hydrogen-bond donors (Lipinski definition) is 0. The Morgan fingerprint density at radius 1 is 1.32 bits per heavy atom. The number of rotatable bonds is 5. The van der Waals surface area contributed by atoms with Crippen LogP contribution in [0.5, 0.6) is 0 Å². The second-order valence-corrected chi connectivity index (χ2v) is 5.62. The minimum Gasteiger partial charge on any atom is -0.461 e. The molecule has 130 valence electrons. The molecule has 3 aromatic rings. The molecule has 0 bridgehead atoms. The van der Waals surface area contributed by atoms with Crippen molar-refractivity contribution in [3.8, 4) is 0 Å². The van der Waals surface area contributed by atoms with Gasteiger partial charge in [0.2, 0.25) is 0 Å². The Morgan fingerprint density at radius 2 is 2.12 bits per heavy atom. The van der Waals surface area contributed by atoms with Crippen molar-refractivity contribution < 1.29 is 14.3 Å². The number of carbonyl (C=O) groups excluding carboxylic acids is 2. The maximum atomic E-state index is 12.6. The summed E-state index contributed by atoms with van der Waals surface area (Å²) in [5.41, 5.74) is 2.02. The Bertz CT molecular complexity index is 894. The number of carbonyl (C=O) groups is 2. The van der Waals surface area contributed by atoms with Gasteiger partial charge in [-0.3, -0.25) is 9.48 Å². The molecule has 0 saturated carbocycles. The molecule has 0 aromatic carbocycles. The number of ether oxygens (including phenoxy) is 1. The fourth-order valence-corrected chi connectivity index (χ4v) is 2.54. The van der Waals surface area contributed by atoms with Crippen LogP contribution in [0.25, 0.3) is 5.65 Å². The van der Waals surface area contributed by atoms with E-state index in [1.54, 1.807) is 21.0 Å². The highest BCUT2D eigenvalue weighted by Gasteiger charge is 2.21. The van der Waals surface area contributed by atoms with Crippen LogP contribution in [0, 0.1) is 0 Å². The van der Waals surface area contributed by atoms with Gasteiger partial charge in [0.15, 0.2) is 5.69 Å². The van der Waals surface area contributed by atoms with E-state index in [9.17, 15) is 9.59 Å². The third-order valence-corrected chi connectivity index (χ3v) is 3.74. The SMILES string of the molecule is CCOC(=O)c1cc(C(=O)N(C)Cc2cn3ccccc3n2)nn1C. The summed E-state index contributed by atoms with van der Waals surface area (Å²) in [6.07, 6.45) is 3.78. The van der Waals surface area contributed by atoms with E-state index in [1.165, 1.54) is 15.6 Å². The summed E-state index contributed by atoms with van der Waals surface area (Å²) in [7, 11) is 3.27. The van der Waals surface area contributed by atoms with Gasteiger partial charge >= 0.3 is 5.97 Å². The first-order valence-corrected chi connectivity index (χ1v) is 7.89. The third kappa shape index (κ3) is 3.37. The molecule has 0 fully saturated rings. The second kappa shape index (κ2) is 6.76. The standard InChI is InChI=1S/C17H19N5O3/c1-4-25-17(24)14-9-13(19-21(14)3)16(23)20(2)10-12-11-22-8-6-5-7-15(22)18-12/h5-9,11H,4,10H2,1-3H3. The van der Waals surface area contributed by atoms with E-state index in [-0.39, 0.29) is 23.9 Å². The first-order valence-electron chi connectivity index (χ1n) is 7.89. The zero-order chi connectivity index (χ0) is 18.0. The lowest BCUT2D eigenvalue weighted by Gasteiger charge is -2.13. The highest BCUT2D eigenvalue weighted by molar-refractivity contribution is 5.95. The van der Waals surface area contributed by atoms with E-state index in [4.69, 9.17) is 4.74 Å². The topological polar surface area (TPSA) is 81.7 Å². The largest absolute Gasteiger partial charge is 0.461 e. The molecule has 3 aromatic heterocycles. The predicted octanol–water partition coefficient (Wildman–Crippen LogP) is 1.52. The van der Waals surface area contributed by atoms with Gasteiger partial charge in [0.25, 0.3) is 5.91 Å². The Balaban J connectivity index is 1.76. The molecule has 0 atom stereocenters. The molecule has 0 saturated heterocycles. The third-order valence-electron chi connectivity index (χ3n) is 3.74. The summed E-state index contributed by atoms with van der Waals surface area (Å²) >= 11 is 0. The molecule has 0 aliphatic rings. The van der Waals surface area contributed by atoms with E-state index in [1.807, 2.05) is 35.0 Å². The van der Waals surface area contributed by atoms with Gasteiger partial charge in [-0.2, -0.15) is 5.10 Å². The van der Waals surface area contributed by atoms with Crippen LogP contribution >= 0.6 is 0 Å². The van der Waals surface area contributed by atoms with Crippen molar-refractivity contribution in [3.63, 3.8) is 0 Å². The monoisotopic (exact) mass is 341 g/mol. The minimum absolute atomic E-state index is 0.191. The van der Waals surface area contributed by atoms with Crippen molar-refractivity contribution >= 4 is 17.5 Å². The van der Waals surface area contributed by atoms with Crippen LogP contribution in [0.4, 0.5) is 0 Å². The zero-order valence-electron chi connectivity index (χ0n) is 14.3. The van der Waals surface area contributed by atoms with Gasteiger partial charge in [-0.05, 0) is 19.1 Å². The van der Waals surface area contributed by atoms with E-state index >= 15 is 0 Å². The van der Waals surface area contributed by atoms with Crippen molar-refractivity contribution in [2.24, 2.45) is 7.05 Å². The Kier molecular flexibility index (Phi) is 4.51. The molecule has 0 N–H and O–H groups in total. The highest BCUT2D eigenvalue weighted by atomic mass is 16.5. The summed E-state index contributed by atoms with van der Waals surface area (Å²) in [6.45, 7) is 2.33. The molecular formula is C17H19N5O3. The predicted molar refractivity (Wildman–Crippen MR) is 90.2 cm³/mol. The van der Waals surface area contributed by atoms with Gasteiger partial charge in [0, 0.05) is 32.6 Å². The Hall–Kier alpha value is -3.16. The molecule has 3 heterocycles. The highest BCUT2D eigenvalue weighted by Crippen LogP contribution is 2.11. The van der Waals surface area contributed by atoms with Gasteiger partial charge in [-0.1, -0.05) is 6.07 Å². The number of esters is 1. The maximum Gasteiger partial charge on any atom is 0.356 e. The van der Waals surface area contributed by atoms with Crippen LogP contribution in [0.15, 0.2) is 36.7 Å². The normalized spacial score (nSPS) is 10.8. The molecular weight excluding hydrogens is 322 g/mol. The molecule has 0 aliphatic carbocycles. The first-order chi connectivity index (χ1) is 12.0. The van der Waals surface area contributed by atoms with Crippen molar-refractivity contribution in [2.45, 2.75) is 13.5 Å². The molecule has 0 radical (unpaired) electrons. The average Bonchev–Trinajstić information content (AvgIpc) is 3.17. The van der Waals surface area contributed by atoms with Crippen molar-refractivity contribution in [1.82, 2.24) is 24.1 Å². The average molecular weight is 341 g/mol. The lowest BCUT2D eigenvalue weighted by molar-refractivity contribution is 0.0513. The van der Waals surface area contributed by atoms with Crippen LogP contribution in [0.2, 0.25) is 0 Å². The summed E-state index contributed by atoms with van der Waals surface area (Å²) in [4.78, 5) is 30.4. The van der Waals surface area contributed by atoms with Crippen LogP contribution in [-0.2, 0) is 18.3 Å². The van der Waals surface area contributed by atoms with Crippen LogP contribution in [0.3, 0.4) is 0 Å².